The molecule has 0 unspecified atom stereocenters. The summed E-state index contributed by atoms with van der Waals surface area (Å²) in [5, 5.41) is 8.78. The Morgan fingerprint density at radius 1 is 1.55 bits per heavy atom. The molecule has 0 radical (unpaired) electrons. The Bertz CT molecular complexity index is 340. The van der Waals surface area contributed by atoms with Gasteiger partial charge in [0.25, 0.3) is 0 Å². The minimum Gasteiger partial charge on any atom is -0.478 e. The molecule has 11 heavy (non-hydrogen) atoms. The molecule has 0 bridgehead atoms. The molecule has 0 fully saturated rings. The smallest absolute Gasteiger partial charge is 0.337 e. The largest absolute Gasteiger partial charge is 0.478 e. The second kappa shape index (κ2) is 2.20. The van der Waals surface area contributed by atoms with Gasteiger partial charge in [-0.3, -0.25) is 0 Å². The van der Waals surface area contributed by atoms with E-state index in [-0.39, 0.29) is 0 Å². The van der Waals surface area contributed by atoms with Crippen molar-refractivity contribution >= 4 is 28.6 Å². The monoisotopic (exact) mass is 260 g/mol. The Labute approximate surface area is 77.4 Å². The average molecular weight is 260 g/mol. The predicted octanol–water partition coefficient (Wildman–Crippen LogP) is 1.89. The maximum atomic E-state index is 10.7. The number of hydrogen-bond acceptors (Lipinski definition) is 1. The molecule has 0 aliphatic heterocycles. The summed E-state index contributed by atoms with van der Waals surface area (Å²) in [5.41, 5.74) is 2.70. The number of hydrogen-bond donors (Lipinski definition) is 1. The van der Waals surface area contributed by atoms with E-state index in [0.717, 1.165) is 15.6 Å². The van der Waals surface area contributed by atoms with Crippen LogP contribution in [-0.4, -0.2) is 11.1 Å². The topological polar surface area (TPSA) is 37.3 Å². The van der Waals surface area contributed by atoms with Crippen LogP contribution in [0.4, 0.5) is 0 Å². The molecule has 1 N–H and O–H groups in total. The van der Waals surface area contributed by atoms with Crippen LogP contribution in [0.2, 0.25) is 0 Å². The predicted molar refractivity (Wildman–Crippen MR) is 48.9 cm³/mol. The Kier molecular flexibility index (Phi) is 1.42. The zero-order chi connectivity index (χ0) is 8.01. The number of carboxylic acids is 1. The summed E-state index contributed by atoms with van der Waals surface area (Å²) in [6.45, 7) is 0. The van der Waals surface area contributed by atoms with Crippen LogP contribution >= 0.6 is 22.6 Å². The fourth-order valence-corrected chi connectivity index (χ4v) is 1.92. The van der Waals surface area contributed by atoms with Crippen LogP contribution in [0.1, 0.15) is 21.5 Å². The molecule has 1 aromatic carbocycles. The molecular formula is C8H5IO2. The first kappa shape index (κ1) is 7.09. The molecule has 0 atom stereocenters. The summed E-state index contributed by atoms with van der Waals surface area (Å²) in [7, 11) is 0. The van der Waals surface area contributed by atoms with E-state index in [1.54, 1.807) is 0 Å². The van der Waals surface area contributed by atoms with Crippen molar-refractivity contribution in [3.63, 3.8) is 0 Å². The van der Waals surface area contributed by atoms with Gasteiger partial charge in [-0.1, -0.05) is 6.07 Å². The average Bonchev–Trinajstić information content (AvgIpc) is 2.64. The molecule has 0 spiro atoms. The summed E-state index contributed by atoms with van der Waals surface area (Å²) < 4.78 is 0.839. The van der Waals surface area contributed by atoms with E-state index < -0.39 is 5.97 Å². The molecule has 2 rings (SSSR count). The Morgan fingerprint density at radius 3 is 2.82 bits per heavy atom. The maximum Gasteiger partial charge on any atom is 0.337 e. The van der Waals surface area contributed by atoms with Gasteiger partial charge in [0.2, 0.25) is 0 Å². The molecule has 0 heterocycles. The molecule has 0 saturated carbocycles. The normalized spacial score (nSPS) is 12.5. The fraction of sp³-hybridized carbons (Fsp3) is 0.125. The van der Waals surface area contributed by atoms with Gasteiger partial charge in [-0.2, -0.15) is 0 Å². The summed E-state index contributed by atoms with van der Waals surface area (Å²) in [6, 6.07) is 3.85. The number of carbonyl (C=O) groups is 1. The number of benzene rings is 1. The summed E-state index contributed by atoms with van der Waals surface area (Å²) >= 11 is 2.05. The van der Waals surface area contributed by atoms with Crippen molar-refractivity contribution in [2.45, 2.75) is 6.42 Å². The highest BCUT2D eigenvalue weighted by atomic mass is 127. The molecule has 0 amide bonds. The minimum absolute atomic E-state index is 0.503. The quantitative estimate of drug-likeness (QED) is 0.795. The molecule has 56 valence electrons. The van der Waals surface area contributed by atoms with Gasteiger partial charge in [-0.15, -0.1) is 0 Å². The van der Waals surface area contributed by atoms with Crippen LogP contribution in [0.25, 0.3) is 0 Å². The highest BCUT2D eigenvalue weighted by Crippen LogP contribution is 2.33. The Balaban J connectivity index is 2.64. The lowest BCUT2D eigenvalue weighted by Crippen LogP contribution is -1.99. The zero-order valence-corrected chi connectivity index (χ0v) is 7.75. The van der Waals surface area contributed by atoms with E-state index in [2.05, 4.69) is 22.6 Å². The van der Waals surface area contributed by atoms with Crippen LogP contribution in [0.5, 0.6) is 0 Å². The minimum atomic E-state index is -0.802. The zero-order valence-electron chi connectivity index (χ0n) is 5.60. The van der Waals surface area contributed by atoms with Crippen molar-refractivity contribution < 1.29 is 9.90 Å². The van der Waals surface area contributed by atoms with Gasteiger partial charge in [-0.05, 0) is 46.2 Å². The highest BCUT2D eigenvalue weighted by molar-refractivity contribution is 14.1. The first-order valence-electron chi connectivity index (χ1n) is 3.23. The first-order chi connectivity index (χ1) is 5.20. The van der Waals surface area contributed by atoms with Crippen LogP contribution in [0.3, 0.4) is 0 Å². The number of fused-ring (bicyclic) bond motifs is 1. The van der Waals surface area contributed by atoms with Crippen LogP contribution in [0.15, 0.2) is 12.1 Å². The third-order valence-electron chi connectivity index (χ3n) is 1.82. The Hall–Kier alpha value is -0.580. The molecule has 0 aromatic heterocycles. The third kappa shape index (κ3) is 1.03. The lowest BCUT2D eigenvalue weighted by molar-refractivity contribution is 0.0695. The lowest BCUT2D eigenvalue weighted by Gasteiger charge is -1.94. The molecule has 1 aliphatic rings. The van der Waals surface area contributed by atoms with Gasteiger partial charge < -0.3 is 5.11 Å². The molecule has 0 saturated heterocycles. The number of aromatic carboxylic acids is 1. The van der Waals surface area contributed by atoms with Gasteiger partial charge in [0.1, 0.15) is 0 Å². The lowest BCUT2D eigenvalue weighted by atomic mass is 10.2. The second-order valence-corrected chi connectivity index (χ2v) is 3.70. The van der Waals surface area contributed by atoms with E-state index in [9.17, 15) is 4.79 Å². The van der Waals surface area contributed by atoms with Crippen molar-refractivity contribution in [1.29, 1.82) is 0 Å². The summed E-state index contributed by atoms with van der Waals surface area (Å²) in [4.78, 5) is 10.7. The van der Waals surface area contributed by atoms with Crippen molar-refractivity contribution in [1.82, 2.24) is 0 Å². The van der Waals surface area contributed by atoms with Gasteiger partial charge in [0, 0.05) is 3.57 Å². The van der Waals surface area contributed by atoms with Gasteiger partial charge in [0.15, 0.2) is 0 Å². The molecule has 1 aromatic rings. The van der Waals surface area contributed by atoms with Crippen LogP contribution < -0.4 is 0 Å². The molecular weight excluding hydrogens is 255 g/mol. The van der Waals surface area contributed by atoms with Gasteiger partial charge >= 0.3 is 5.97 Å². The van der Waals surface area contributed by atoms with Crippen molar-refractivity contribution in [3.05, 3.63) is 32.4 Å². The summed E-state index contributed by atoms with van der Waals surface area (Å²) in [5.74, 6) is -0.802. The summed E-state index contributed by atoms with van der Waals surface area (Å²) in [6.07, 6.45) is 0.866. The highest BCUT2D eigenvalue weighted by Gasteiger charge is 2.26. The van der Waals surface area contributed by atoms with Crippen molar-refractivity contribution in [3.8, 4) is 0 Å². The standard InChI is InChI=1S/C8H5IO2/c9-6-2-1-4-3-5(4)7(6)8(10)11/h1-2H,3H2,(H,10,11). The van der Waals surface area contributed by atoms with Gasteiger partial charge in [-0.25, -0.2) is 4.79 Å². The Morgan fingerprint density at radius 2 is 2.27 bits per heavy atom. The fourth-order valence-electron chi connectivity index (χ4n) is 1.19. The maximum absolute atomic E-state index is 10.7. The third-order valence-corrected chi connectivity index (χ3v) is 2.71. The second-order valence-electron chi connectivity index (χ2n) is 2.54. The molecule has 3 heteroatoms. The van der Waals surface area contributed by atoms with E-state index in [1.807, 2.05) is 12.1 Å². The van der Waals surface area contributed by atoms with Gasteiger partial charge in [0.05, 0.1) is 5.56 Å². The van der Waals surface area contributed by atoms with Crippen LogP contribution in [0, 0.1) is 3.57 Å². The van der Waals surface area contributed by atoms with Crippen molar-refractivity contribution in [2.75, 3.05) is 0 Å². The van der Waals surface area contributed by atoms with Crippen LogP contribution in [-0.2, 0) is 6.42 Å². The first-order valence-corrected chi connectivity index (χ1v) is 4.31. The van der Waals surface area contributed by atoms with E-state index in [0.29, 0.717) is 5.56 Å². The van der Waals surface area contributed by atoms with Crippen molar-refractivity contribution in [2.24, 2.45) is 0 Å². The molecule has 2 nitrogen and oxygen atoms in total. The molecule has 1 aliphatic carbocycles. The van der Waals surface area contributed by atoms with E-state index >= 15 is 0 Å². The number of rotatable bonds is 1. The number of carboxylic acid groups (broad SMARTS) is 1. The SMILES string of the molecule is O=C(O)c1c(I)ccc2c1C2. The van der Waals surface area contributed by atoms with E-state index in [1.165, 1.54) is 5.56 Å². The van der Waals surface area contributed by atoms with E-state index in [4.69, 9.17) is 5.11 Å². The number of halogens is 1.